The minimum absolute atomic E-state index is 0.131. The summed E-state index contributed by atoms with van der Waals surface area (Å²) in [4.78, 5) is 8.87. The van der Waals surface area contributed by atoms with Crippen molar-refractivity contribution in [3.8, 4) is 0 Å². The van der Waals surface area contributed by atoms with Gasteiger partial charge in [-0.25, -0.2) is 8.42 Å². The van der Waals surface area contributed by atoms with E-state index in [4.69, 9.17) is 10.8 Å². The molecule has 0 spiro atoms. The third-order valence-electron chi connectivity index (χ3n) is 2.83. The highest BCUT2D eigenvalue weighted by atomic mass is 32.2. The van der Waals surface area contributed by atoms with Gasteiger partial charge in [-0.2, -0.15) is 17.5 Å². The highest BCUT2D eigenvalue weighted by Crippen LogP contribution is 2.35. The van der Waals surface area contributed by atoms with Gasteiger partial charge in [0.05, 0.1) is 17.1 Å². The molecule has 0 atom stereocenters. The third-order valence-corrected chi connectivity index (χ3v) is 4.77. The first kappa shape index (κ1) is 19.3. The summed E-state index contributed by atoms with van der Waals surface area (Å²) < 4.78 is 63.3. The number of alkyl halides is 3. The summed E-state index contributed by atoms with van der Waals surface area (Å²) in [5.74, 6) is 0. The molecular weight excluding hydrogens is 343 g/mol. The van der Waals surface area contributed by atoms with Crippen molar-refractivity contribution in [2.45, 2.75) is 11.1 Å². The van der Waals surface area contributed by atoms with Crippen molar-refractivity contribution in [3.05, 3.63) is 33.9 Å². The zero-order chi connectivity index (χ0) is 17.8. The molecule has 0 aromatic heterocycles. The fourth-order valence-electron chi connectivity index (χ4n) is 1.80. The Kier molecular flexibility index (Phi) is 6.04. The fraction of sp³-hybridized carbons (Fsp3) is 0.455. The molecule has 0 bridgehead atoms. The van der Waals surface area contributed by atoms with E-state index in [2.05, 4.69) is 0 Å². The summed E-state index contributed by atoms with van der Waals surface area (Å²) in [7, 11) is -4.48. The molecule has 0 unspecified atom stereocenters. The second-order valence-corrected chi connectivity index (χ2v) is 6.26. The maximum Gasteiger partial charge on any atom is 0.416 e. The number of hydrogen-bond donors (Lipinski definition) is 2. The van der Waals surface area contributed by atoms with Crippen LogP contribution in [0.25, 0.3) is 0 Å². The number of benzene rings is 1. The normalized spacial score (nSPS) is 12.6. The third kappa shape index (κ3) is 4.37. The van der Waals surface area contributed by atoms with Crippen LogP contribution >= 0.6 is 0 Å². The second kappa shape index (κ2) is 7.21. The van der Waals surface area contributed by atoms with E-state index in [1.807, 2.05) is 0 Å². The van der Waals surface area contributed by atoms with E-state index in [9.17, 15) is 31.7 Å². The number of halogens is 3. The molecule has 0 fully saturated rings. The number of nitrogens with two attached hydrogens (primary N) is 1. The Balaban J connectivity index is 3.48. The zero-order valence-corrected chi connectivity index (χ0v) is 12.5. The molecule has 1 aromatic carbocycles. The van der Waals surface area contributed by atoms with Gasteiger partial charge in [-0.3, -0.25) is 10.1 Å². The van der Waals surface area contributed by atoms with E-state index in [1.54, 1.807) is 0 Å². The van der Waals surface area contributed by atoms with Gasteiger partial charge in [0, 0.05) is 25.7 Å². The Morgan fingerprint density at radius 3 is 2.35 bits per heavy atom. The molecule has 0 saturated heterocycles. The van der Waals surface area contributed by atoms with Crippen molar-refractivity contribution in [2.24, 2.45) is 5.73 Å². The summed E-state index contributed by atoms with van der Waals surface area (Å²) in [5, 5.41) is 19.8. The van der Waals surface area contributed by atoms with E-state index in [-0.39, 0.29) is 19.2 Å². The smallest absolute Gasteiger partial charge is 0.395 e. The van der Waals surface area contributed by atoms with Crippen LogP contribution in [-0.2, 0) is 16.2 Å². The predicted molar refractivity (Wildman–Crippen MR) is 73.0 cm³/mol. The number of nitrogens with zero attached hydrogens (tertiary/aromatic N) is 2. The lowest BCUT2D eigenvalue weighted by Gasteiger charge is -2.20. The highest BCUT2D eigenvalue weighted by Gasteiger charge is 2.36. The quantitative estimate of drug-likeness (QED) is 0.542. The Labute approximate surface area is 129 Å². The van der Waals surface area contributed by atoms with E-state index in [1.165, 1.54) is 0 Å². The number of nitro benzene ring substituents is 1. The first-order chi connectivity index (χ1) is 10.6. The standard InChI is InChI=1S/C11H14F3N3O5S/c12-11(13,14)8-1-2-10(9(7-8)17(19)20)23(21,22)16(4-3-15)5-6-18/h1-2,7,18H,3-6,15H2. The van der Waals surface area contributed by atoms with Crippen LogP contribution in [0, 0.1) is 10.1 Å². The topological polar surface area (TPSA) is 127 Å². The Hall–Kier alpha value is -1.76. The van der Waals surface area contributed by atoms with Crippen LogP contribution in [0.5, 0.6) is 0 Å². The molecule has 0 aliphatic rings. The van der Waals surface area contributed by atoms with Gasteiger partial charge >= 0.3 is 6.18 Å². The molecule has 130 valence electrons. The summed E-state index contributed by atoms with van der Waals surface area (Å²) >= 11 is 0. The Morgan fingerprint density at radius 1 is 1.30 bits per heavy atom. The van der Waals surface area contributed by atoms with Crippen LogP contribution in [-0.4, -0.2) is 49.0 Å². The van der Waals surface area contributed by atoms with E-state index in [0.717, 1.165) is 0 Å². The molecule has 23 heavy (non-hydrogen) atoms. The lowest BCUT2D eigenvalue weighted by Crippen LogP contribution is -2.37. The van der Waals surface area contributed by atoms with Gasteiger partial charge in [0.25, 0.3) is 5.69 Å². The van der Waals surface area contributed by atoms with Crippen molar-refractivity contribution in [1.29, 1.82) is 0 Å². The molecule has 12 heteroatoms. The number of aliphatic hydroxyl groups is 1. The van der Waals surface area contributed by atoms with Crippen molar-refractivity contribution in [1.82, 2.24) is 4.31 Å². The maximum atomic E-state index is 12.6. The van der Waals surface area contributed by atoms with Gasteiger partial charge in [-0.05, 0) is 12.1 Å². The minimum Gasteiger partial charge on any atom is -0.395 e. The van der Waals surface area contributed by atoms with E-state index >= 15 is 0 Å². The number of aliphatic hydroxyl groups excluding tert-OH is 1. The van der Waals surface area contributed by atoms with E-state index in [0.29, 0.717) is 16.4 Å². The van der Waals surface area contributed by atoms with Crippen LogP contribution in [0.4, 0.5) is 18.9 Å². The monoisotopic (exact) mass is 357 g/mol. The molecule has 3 N–H and O–H groups in total. The average Bonchev–Trinajstić information content (AvgIpc) is 2.45. The molecule has 0 heterocycles. The molecule has 1 rings (SSSR count). The first-order valence-electron chi connectivity index (χ1n) is 6.22. The van der Waals surface area contributed by atoms with Crippen LogP contribution in [0.3, 0.4) is 0 Å². The molecule has 0 saturated carbocycles. The second-order valence-electron chi connectivity index (χ2n) is 4.35. The number of nitro groups is 1. The van der Waals surface area contributed by atoms with Gasteiger partial charge in [0.2, 0.25) is 10.0 Å². The number of hydrogen-bond acceptors (Lipinski definition) is 6. The van der Waals surface area contributed by atoms with Crippen molar-refractivity contribution in [3.63, 3.8) is 0 Å². The lowest BCUT2D eigenvalue weighted by atomic mass is 10.2. The van der Waals surface area contributed by atoms with Gasteiger partial charge in [0.1, 0.15) is 0 Å². The zero-order valence-electron chi connectivity index (χ0n) is 11.7. The summed E-state index contributed by atoms with van der Waals surface area (Å²) in [5.41, 5.74) is 2.71. The summed E-state index contributed by atoms with van der Waals surface area (Å²) in [6, 6.07) is 1.13. The van der Waals surface area contributed by atoms with Crippen molar-refractivity contribution >= 4 is 15.7 Å². The lowest BCUT2D eigenvalue weighted by molar-refractivity contribution is -0.388. The summed E-state index contributed by atoms with van der Waals surface area (Å²) in [6.07, 6.45) is -4.85. The molecule has 0 radical (unpaired) electrons. The fourth-order valence-corrected chi connectivity index (χ4v) is 3.38. The molecular formula is C11H14F3N3O5S. The Bertz CT molecular complexity index is 672. The average molecular weight is 357 g/mol. The SMILES string of the molecule is NCCN(CCO)S(=O)(=O)c1ccc(C(F)(F)F)cc1[N+](=O)[O-]. The Morgan fingerprint density at radius 2 is 1.91 bits per heavy atom. The molecule has 8 nitrogen and oxygen atoms in total. The minimum atomic E-state index is -4.85. The molecule has 1 aromatic rings. The largest absolute Gasteiger partial charge is 0.416 e. The first-order valence-corrected chi connectivity index (χ1v) is 7.66. The van der Waals surface area contributed by atoms with Crippen molar-refractivity contribution in [2.75, 3.05) is 26.2 Å². The van der Waals surface area contributed by atoms with Crippen LogP contribution in [0.2, 0.25) is 0 Å². The summed E-state index contributed by atoms with van der Waals surface area (Å²) in [6.45, 7) is -1.35. The molecule has 0 aliphatic carbocycles. The van der Waals surface area contributed by atoms with Crippen LogP contribution < -0.4 is 5.73 Å². The number of sulfonamides is 1. The van der Waals surface area contributed by atoms with Gasteiger partial charge in [-0.1, -0.05) is 0 Å². The van der Waals surface area contributed by atoms with Crippen molar-refractivity contribution < 1.29 is 31.6 Å². The number of rotatable bonds is 7. The molecule has 0 amide bonds. The van der Waals surface area contributed by atoms with Gasteiger partial charge < -0.3 is 10.8 Å². The maximum absolute atomic E-state index is 12.6. The van der Waals surface area contributed by atoms with Gasteiger partial charge in [-0.15, -0.1) is 0 Å². The highest BCUT2D eigenvalue weighted by molar-refractivity contribution is 7.89. The predicted octanol–water partition coefficient (Wildman–Crippen LogP) is 0.555. The molecule has 0 aliphatic heterocycles. The van der Waals surface area contributed by atoms with E-state index < -0.39 is 50.4 Å². The van der Waals surface area contributed by atoms with Gasteiger partial charge in [0.15, 0.2) is 4.90 Å². The van der Waals surface area contributed by atoms with Crippen LogP contribution in [0.1, 0.15) is 5.56 Å². The van der Waals surface area contributed by atoms with Crippen LogP contribution in [0.15, 0.2) is 23.1 Å².